The minimum absolute atomic E-state index is 0.0787. The number of piperidine rings is 1. The third-order valence-corrected chi connectivity index (χ3v) is 5.62. The van der Waals surface area contributed by atoms with Crippen LogP contribution in [0, 0.1) is 18.8 Å². The Kier molecular flexibility index (Phi) is 5.11. The molecule has 1 aliphatic carbocycles. The van der Waals surface area contributed by atoms with Crippen LogP contribution >= 0.6 is 0 Å². The summed E-state index contributed by atoms with van der Waals surface area (Å²) in [5.41, 5.74) is 1.99. The van der Waals surface area contributed by atoms with Crippen molar-refractivity contribution in [2.24, 2.45) is 11.8 Å². The van der Waals surface area contributed by atoms with Crippen LogP contribution < -0.4 is 0 Å². The van der Waals surface area contributed by atoms with Crippen LogP contribution in [0.25, 0.3) is 0 Å². The van der Waals surface area contributed by atoms with Gasteiger partial charge in [0.1, 0.15) is 5.76 Å². The number of ether oxygens (including phenoxy) is 1. The van der Waals surface area contributed by atoms with Gasteiger partial charge in [-0.2, -0.15) is 0 Å². The second-order valence-corrected chi connectivity index (χ2v) is 7.70. The number of hydrogen-bond acceptors (Lipinski definition) is 3. The normalized spacial score (nSPS) is 23.2. The third-order valence-electron chi connectivity index (χ3n) is 5.62. The van der Waals surface area contributed by atoms with Crippen molar-refractivity contribution < 1.29 is 13.9 Å². The Morgan fingerprint density at radius 2 is 2.00 bits per heavy atom. The highest BCUT2D eigenvalue weighted by Crippen LogP contribution is 2.32. The van der Waals surface area contributed by atoms with Gasteiger partial charge < -0.3 is 14.1 Å². The molecule has 4 heteroatoms. The summed E-state index contributed by atoms with van der Waals surface area (Å²) < 4.78 is 11.6. The van der Waals surface area contributed by atoms with Gasteiger partial charge in [0, 0.05) is 25.6 Å². The first-order valence-corrected chi connectivity index (χ1v) is 9.69. The Labute approximate surface area is 155 Å². The van der Waals surface area contributed by atoms with Gasteiger partial charge in [0.05, 0.1) is 17.9 Å². The quantitative estimate of drug-likeness (QED) is 0.786. The lowest BCUT2D eigenvalue weighted by Crippen LogP contribution is -2.47. The van der Waals surface area contributed by atoms with E-state index in [0.717, 1.165) is 38.5 Å². The van der Waals surface area contributed by atoms with Gasteiger partial charge >= 0.3 is 0 Å². The van der Waals surface area contributed by atoms with E-state index in [1.807, 2.05) is 17.9 Å². The summed E-state index contributed by atoms with van der Waals surface area (Å²) in [4.78, 5) is 14.9. The Morgan fingerprint density at radius 1 is 1.19 bits per heavy atom. The fourth-order valence-electron chi connectivity index (χ4n) is 3.85. The number of nitrogens with zero attached hydrogens (tertiary/aromatic N) is 1. The first kappa shape index (κ1) is 17.3. The first-order chi connectivity index (χ1) is 12.7. The number of amides is 1. The maximum atomic E-state index is 12.9. The van der Waals surface area contributed by atoms with E-state index in [9.17, 15) is 4.79 Å². The van der Waals surface area contributed by atoms with Crippen LogP contribution in [-0.2, 0) is 11.2 Å². The molecule has 2 fully saturated rings. The van der Waals surface area contributed by atoms with Gasteiger partial charge in [-0.3, -0.25) is 4.79 Å². The van der Waals surface area contributed by atoms with Crippen LogP contribution in [-0.4, -0.2) is 36.6 Å². The summed E-state index contributed by atoms with van der Waals surface area (Å²) in [6.45, 7) is 4.22. The van der Waals surface area contributed by atoms with E-state index in [4.69, 9.17) is 9.15 Å². The summed E-state index contributed by atoms with van der Waals surface area (Å²) in [5, 5.41) is 0. The zero-order valence-corrected chi connectivity index (χ0v) is 15.4. The fraction of sp³-hybridized carbons (Fsp3) is 0.500. The molecule has 138 valence electrons. The molecule has 0 unspecified atom stereocenters. The molecule has 0 spiro atoms. The zero-order chi connectivity index (χ0) is 17.9. The van der Waals surface area contributed by atoms with E-state index in [-0.39, 0.29) is 12.0 Å². The number of hydrogen-bond donors (Lipinski definition) is 0. The smallest absolute Gasteiger partial charge is 0.257 e. The Hall–Kier alpha value is -2.07. The summed E-state index contributed by atoms with van der Waals surface area (Å²) in [6, 6.07) is 12.3. The molecule has 0 bridgehead atoms. The minimum Gasteiger partial charge on any atom is -0.469 e. The van der Waals surface area contributed by atoms with Crippen LogP contribution in [0.15, 0.2) is 47.1 Å². The molecule has 2 aliphatic rings. The second-order valence-electron chi connectivity index (χ2n) is 7.70. The lowest BCUT2D eigenvalue weighted by Gasteiger charge is -2.38. The summed E-state index contributed by atoms with van der Waals surface area (Å²) >= 11 is 0. The highest BCUT2D eigenvalue weighted by Gasteiger charge is 2.34. The number of carbonyl (C=O) groups excluding carboxylic acids is 1. The number of likely N-dealkylation sites (tertiary alicyclic amines) is 1. The highest BCUT2D eigenvalue weighted by molar-refractivity contribution is 5.95. The van der Waals surface area contributed by atoms with Crippen LogP contribution in [0.4, 0.5) is 0 Å². The number of furan rings is 1. The van der Waals surface area contributed by atoms with Gasteiger partial charge in [0.15, 0.2) is 0 Å². The van der Waals surface area contributed by atoms with E-state index in [0.29, 0.717) is 17.2 Å². The van der Waals surface area contributed by atoms with E-state index in [2.05, 4.69) is 24.3 Å². The van der Waals surface area contributed by atoms with Gasteiger partial charge in [0.2, 0.25) is 0 Å². The summed E-state index contributed by atoms with van der Waals surface area (Å²) in [5.74, 6) is 1.87. The van der Waals surface area contributed by atoms with Crippen molar-refractivity contribution in [3.05, 3.63) is 59.5 Å². The molecule has 26 heavy (non-hydrogen) atoms. The van der Waals surface area contributed by atoms with Crippen LogP contribution in [0.3, 0.4) is 0 Å². The standard InChI is InChI=1S/C22H27NO3/c1-16-20(10-12-25-16)22(24)23-11-9-21(26-15-18-7-8-18)19(14-23)13-17-5-3-2-4-6-17/h2-6,10,12,18-19,21H,7-9,11,13-15H2,1H3/t19-,21-/m1/s1. The van der Waals surface area contributed by atoms with Crippen molar-refractivity contribution >= 4 is 5.91 Å². The topological polar surface area (TPSA) is 42.7 Å². The molecule has 2 aromatic rings. The zero-order valence-electron chi connectivity index (χ0n) is 15.4. The summed E-state index contributed by atoms with van der Waals surface area (Å²) in [6.07, 6.45) is 6.30. The highest BCUT2D eigenvalue weighted by atomic mass is 16.5. The van der Waals surface area contributed by atoms with E-state index < -0.39 is 0 Å². The second kappa shape index (κ2) is 7.67. The van der Waals surface area contributed by atoms with E-state index >= 15 is 0 Å². The van der Waals surface area contributed by atoms with E-state index in [1.165, 1.54) is 18.4 Å². The van der Waals surface area contributed by atoms with Crippen LogP contribution in [0.1, 0.15) is 40.9 Å². The molecule has 1 amide bonds. The Bertz CT molecular complexity index is 735. The van der Waals surface area contributed by atoms with Crippen molar-refractivity contribution in [2.75, 3.05) is 19.7 Å². The van der Waals surface area contributed by atoms with Gasteiger partial charge in [-0.15, -0.1) is 0 Å². The van der Waals surface area contributed by atoms with Crippen molar-refractivity contribution in [1.29, 1.82) is 0 Å². The van der Waals surface area contributed by atoms with Crippen LogP contribution in [0.2, 0.25) is 0 Å². The predicted molar refractivity (Wildman–Crippen MR) is 100 cm³/mol. The molecule has 1 aromatic heterocycles. The maximum absolute atomic E-state index is 12.9. The average Bonchev–Trinajstić information content (AvgIpc) is 3.40. The van der Waals surface area contributed by atoms with E-state index in [1.54, 1.807) is 12.3 Å². The number of carbonyl (C=O) groups is 1. The maximum Gasteiger partial charge on any atom is 0.257 e. The number of benzene rings is 1. The lowest BCUT2D eigenvalue weighted by atomic mass is 9.88. The van der Waals surface area contributed by atoms with Gasteiger partial charge in [-0.1, -0.05) is 30.3 Å². The molecule has 2 atom stereocenters. The molecule has 4 nitrogen and oxygen atoms in total. The molecule has 4 rings (SSSR count). The third kappa shape index (κ3) is 4.01. The molecule has 1 aliphatic heterocycles. The molecule has 1 saturated heterocycles. The molecule has 0 N–H and O–H groups in total. The van der Waals surface area contributed by atoms with Crippen molar-refractivity contribution in [3.63, 3.8) is 0 Å². The lowest BCUT2D eigenvalue weighted by molar-refractivity contribution is -0.0326. The predicted octanol–water partition coefficient (Wildman–Crippen LogP) is 4.09. The van der Waals surface area contributed by atoms with Gasteiger partial charge in [-0.05, 0) is 50.2 Å². The van der Waals surface area contributed by atoms with Crippen LogP contribution in [0.5, 0.6) is 0 Å². The molecular weight excluding hydrogens is 326 g/mol. The molecule has 1 aromatic carbocycles. The summed E-state index contributed by atoms with van der Waals surface area (Å²) in [7, 11) is 0. The Morgan fingerprint density at radius 3 is 2.69 bits per heavy atom. The van der Waals surface area contributed by atoms with Gasteiger partial charge in [-0.25, -0.2) is 0 Å². The molecular formula is C22H27NO3. The molecule has 1 saturated carbocycles. The number of rotatable bonds is 6. The fourth-order valence-corrected chi connectivity index (χ4v) is 3.85. The monoisotopic (exact) mass is 353 g/mol. The number of aryl methyl sites for hydroxylation is 1. The molecule has 0 radical (unpaired) electrons. The minimum atomic E-state index is 0.0787. The first-order valence-electron chi connectivity index (χ1n) is 9.69. The van der Waals surface area contributed by atoms with Crippen molar-refractivity contribution in [2.45, 2.75) is 38.7 Å². The van der Waals surface area contributed by atoms with Crippen molar-refractivity contribution in [3.8, 4) is 0 Å². The Balaban J connectivity index is 1.46. The van der Waals surface area contributed by atoms with Gasteiger partial charge in [0.25, 0.3) is 5.91 Å². The molecule has 2 heterocycles. The SMILES string of the molecule is Cc1occc1C(=O)N1CC[C@@H](OCC2CC2)[C@H](Cc2ccccc2)C1. The van der Waals surface area contributed by atoms with Crippen molar-refractivity contribution in [1.82, 2.24) is 4.90 Å². The largest absolute Gasteiger partial charge is 0.469 e. The average molecular weight is 353 g/mol.